The van der Waals surface area contributed by atoms with E-state index in [4.69, 9.17) is 0 Å². The molecule has 4 heteroatoms. The van der Waals surface area contributed by atoms with Crippen molar-refractivity contribution in [2.45, 2.75) is 33.1 Å². The molecule has 0 aromatic heterocycles. The van der Waals surface area contributed by atoms with Crippen LogP contribution in [-0.4, -0.2) is 0 Å². The number of fused-ring (bicyclic) bond motifs is 1. The molecular weight excluding hydrogens is 414 g/mol. The molecule has 0 fully saturated rings. The lowest BCUT2D eigenvalue weighted by Gasteiger charge is -2.05. The molecule has 4 aromatic rings. The zero-order valence-corrected chi connectivity index (χ0v) is 18.7. The molecule has 0 amide bonds. The average Bonchev–Trinajstić information content (AvgIpc) is 2.84. The van der Waals surface area contributed by atoms with Crippen molar-refractivity contribution in [2.24, 2.45) is 10.2 Å². The molecular formula is C29H24F2N2. The monoisotopic (exact) mass is 438 g/mol. The van der Waals surface area contributed by atoms with E-state index in [0.29, 0.717) is 22.0 Å². The molecule has 33 heavy (non-hydrogen) atoms. The van der Waals surface area contributed by atoms with E-state index in [0.717, 1.165) is 30.5 Å². The van der Waals surface area contributed by atoms with Gasteiger partial charge < -0.3 is 0 Å². The third-order valence-corrected chi connectivity index (χ3v) is 5.46. The summed E-state index contributed by atoms with van der Waals surface area (Å²) in [6.07, 6.45) is 2.96. The molecule has 0 radical (unpaired) electrons. The first-order valence-electron chi connectivity index (χ1n) is 11.1. The van der Waals surface area contributed by atoms with Gasteiger partial charge in [-0.05, 0) is 71.8 Å². The minimum Gasteiger partial charge on any atom is -0.205 e. The number of azo groups is 1. The van der Waals surface area contributed by atoms with E-state index in [-0.39, 0.29) is 5.56 Å². The molecule has 4 aromatic carbocycles. The zero-order valence-electron chi connectivity index (χ0n) is 18.7. The number of rotatable bonds is 5. The van der Waals surface area contributed by atoms with E-state index in [1.165, 1.54) is 11.6 Å². The van der Waals surface area contributed by atoms with Crippen molar-refractivity contribution in [2.75, 3.05) is 0 Å². The van der Waals surface area contributed by atoms with E-state index in [1.54, 1.807) is 30.3 Å². The molecule has 0 saturated heterocycles. The van der Waals surface area contributed by atoms with Gasteiger partial charge in [0.05, 0.1) is 16.9 Å². The standard InChI is InChI=1S/C29H24F2N2/c1-3-5-21-6-12-24(13-7-21)32-33-25-14-8-22(9-15-25)11-17-27-28(30)19-23-18-20(4-2)10-16-26(23)29(27)31/h6-10,12-16,18-19H,3-5H2,1-2H3. The van der Waals surface area contributed by atoms with Gasteiger partial charge in [-0.1, -0.05) is 62.4 Å². The van der Waals surface area contributed by atoms with Gasteiger partial charge in [0.25, 0.3) is 0 Å². The van der Waals surface area contributed by atoms with Crippen LogP contribution in [0.1, 0.15) is 42.5 Å². The largest absolute Gasteiger partial charge is 0.205 e. The van der Waals surface area contributed by atoms with Crippen LogP contribution in [0.15, 0.2) is 83.0 Å². The Hall–Kier alpha value is -3.84. The lowest BCUT2D eigenvalue weighted by molar-refractivity contribution is 0.586. The van der Waals surface area contributed by atoms with E-state index in [1.807, 2.05) is 31.2 Å². The van der Waals surface area contributed by atoms with Gasteiger partial charge in [0, 0.05) is 10.9 Å². The fourth-order valence-corrected chi connectivity index (χ4v) is 3.59. The normalized spacial score (nSPS) is 11.0. The third kappa shape index (κ3) is 5.32. The molecule has 0 saturated carbocycles. The highest BCUT2D eigenvalue weighted by molar-refractivity contribution is 5.85. The predicted molar refractivity (Wildman–Crippen MR) is 130 cm³/mol. The fourth-order valence-electron chi connectivity index (χ4n) is 3.59. The third-order valence-electron chi connectivity index (χ3n) is 5.46. The second-order valence-electron chi connectivity index (χ2n) is 7.87. The Labute approximate surface area is 193 Å². The fraction of sp³-hybridized carbons (Fsp3) is 0.172. The van der Waals surface area contributed by atoms with E-state index in [2.05, 4.69) is 41.1 Å². The zero-order chi connectivity index (χ0) is 23.2. The second-order valence-corrected chi connectivity index (χ2v) is 7.87. The van der Waals surface area contributed by atoms with Gasteiger partial charge in [0.1, 0.15) is 11.6 Å². The number of nitrogens with zero attached hydrogens (tertiary/aromatic N) is 2. The first-order chi connectivity index (χ1) is 16.1. The SMILES string of the molecule is CCCc1ccc(N=Nc2ccc(C#Cc3c(F)cc4cc(CC)ccc4c3F)cc2)cc1. The van der Waals surface area contributed by atoms with Crippen molar-refractivity contribution in [1.82, 2.24) is 0 Å². The van der Waals surface area contributed by atoms with Crippen LogP contribution in [0.4, 0.5) is 20.2 Å². The highest BCUT2D eigenvalue weighted by Crippen LogP contribution is 2.25. The molecule has 0 spiro atoms. The van der Waals surface area contributed by atoms with Crippen molar-refractivity contribution in [3.63, 3.8) is 0 Å². The van der Waals surface area contributed by atoms with Crippen LogP contribution in [-0.2, 0) is 12.8 Å². The number of halogens is 2. The molecule has 0 heterocycles. The molecule has 0 aliphatic heterocycles. The lowest BCUT2D eigenvalue weighted by Crippen LogP contribution is -1.93. The Balaban J connectivity index is 1.52. The minimum atomic E-state index is -0.656. The summed E-state index contributed by atoms with van der Waals surface area (Å²) in [5.74, 6) is 4.22. The van der Waals surface area contributed by atoms with E-state index < -0.39 is 11.6 Å². The number of hydrogen-bond donors (Lipinski definition) is 0. The van der Waals surface area contributed by atoms with E-state index >= 15 is 0 Å². The van der Waals surface area contributed by atoms with Crippen LogP contribution < -0.4 is 0 Å². The summed E-state index contributed by atoms with van der Waals surface area (Å²) < 4.78 is 29.4. The average molecular weight is 439 g/mol. The van der Waals surface area contributed by atoms with Crippen LogP contribution in [0.5, 0.6) is 0 Å². The summed E-state index contributed by atoms with van der Waals surface area (Å²) in [5.41, 5.74) is 4.19. The molecule has 0 aliphatic rings. The highest BCUT2D eigenvalue weighted by atomic mass is 19.1. The van der Waals surface area contributed by atoms with Gasteiger partial charge in [-0.25, -0.2) is 8.78 Å². The van der Waals surface area contributed by atoms with Crippen molar-refractivity contribution in [1.29, 1.82) is 0 Å². The van der Waals surface area contributed by atoms with Crippen molar-refractivity contribution < 1.29 is 8.78 Å². The van der Waals surface area contributed by atoms with Crippen molar-refractivity contribution in [3.05, 3.63) is 107 Å². The smallest absolute Gasteiger partial charge is 0.149 e. The van der Waals surface area contributed by atoms with Crippen molar-refractivity contribution in [3.8, 4) is 11.8 Å². The summed E-state index contributed by atoms with van der Waals surface area (Å²) >= 11 is 0. The molecule has 4 rings (SSSR count). The summed E-state index contributed by atoms with van der Waals surface area (Å²) in [7, 11) is 0. The van der Waals surface area contributed by atoms with E-state index in [9.17, 15) is 8.78 Å². The number of hydrogen-bond acceptors (Lipinski definition) is 2. The van der Waals surface area contributed by atoms with Crippen LogP contribution in [0.25, 0.3) is 10.8 Å². The maximum Gasteiger partial charge on any atom is 0.149 e. The van der Waals surface area contributed by atoms with Gasteiger partial charge in [0.2, 0.25) is 0 Å². The summed E-state index contributed by atoms with van der Waals surface area (Å²) in [4.78, 5) is 0. The Morgan fingerprint density at radius 2 is 1.36 bits per heavy atom. The summed E-state index contributed by atoms with van der Waals surface area (Å²) in [5, 5.41) is 9.42. The quantitative estimate of drug-likeness (QED) is 0.221. The molecule has 0 unspecified atom stereocenters. The molecule has 164 valence electrons. The summed E-state index contributed by atoms with van der Waals surface area (Å²) in [6, 6.07) is 21.8. The van der Waals surface area contributed by atoms with Gasteiger partial charge in [-0.2, -0.15) is 10.2 Å². The topological polar surface area (TPSA) is 24.7 Å². The first kappa shape index (κ1) is 22.4. The Kier molecular flexibility index (Phi) is 6.90. The number of aryl methyl sites for hydroxylation is 2. The molecule has 0 aliphatic carbocycles. The highest BCUT2D eigenvalue weighted by Gasteiger charge is 2.12. The Morgan fingerprint density at radius 1 is 0.727 bits per heavy atom. The second kappa shape index (κ2) is 10.2. The van der Waals surface area contributed by atoms with Crippen molar-refractivity contribution >= 4 is 22.1 Å². The molecule has 0 N–H and O–H groups in total. The minimum absolute atomic E-state index is 0.220. The van der Waals surface area contributed by atoms with Crippen LogP contribution >= 0.6 is 0 Å². The van der Waals surface area contributed by atoms with Crippen LogP contribution in [0, 0.1) is 23.5 Å². The summed E-state index contributed by atoms with van der Waals surface area (Å²) in [6.45, 7) is 4.16. The van der Waals surface area contributed by atoms with Gasteiger partial charge >= 0.3 is 0 Å². The first-order valence-corrected chi connectivity index (χ1v) is 11.1. The molecule has 0 atom stereocenters. The van der Waals surface area contributed by atoms with Gasteiger partial charge in [0.15, 0.2) is 0 Å². The molecule has 2 nitrogen and oxygen atoms in total. The predicted octanol–water partition coefficient (Wildman–Crippen LogP) is 8.45. The Bertz CT molecular complexity index is 1360. The van der Waals surface area contributed by atoms with Crippen LogP contribution in [0.3, 0.4) is 0 Å². The molecule has 0 bridgehead atoms. The maximum absolute atomic E-state index is 14.9. The van der Waals surface area contributed by atoms with Gasteiger partial charge in [-0.15, -0.1) is 0 Å². The number of benzene rings is 4. The Morgan fingerprint density at radius 3 is 2.00 bits per heavy atom. The van der Waals surface area contributed by atoms with Crippen LogP contribution in [0.2, 0.25) is 0 Å². The maximum atomic E-state index is 14.9. The lowest BCUT2D eigenvalue weighted by atomic mass is 10.0. The van der Waals surface area contributed by atoms with Gasteiger partial charge in [-0.3, -0.25) is 0 Å².